The summed E-state index contributed by atoms with van der Waals surface area (Å²) in [6, 6.07) is 1.60. The molecule has 0 aliphatic carbocycles. The molecule has 0 bridgehead atoms. The Kier molecular flexibility index (Phi) is 5.64. The molecule has 0 spiro atoms. The summed E-state index contributed by atoms with van der Waals surface area (Å²) in [5, 5.41) is 8.52. The van der Waals surface area contributed by atoms with Crippen LogP contribution < -0.4 is 0 Å². The van der Waals surface area contributed by atoms with Crippen LogP contribution in [0.2, 0.25) is 18.1 Å². The van der Waals surface area contributed by atoms with E-state index < -0.39 is 14.5 Å². The predicted octanol–water partition coefficient (Wildman–Crippen LogP) is 4.04. The maximum atomic E-state index is 12.8. The highest BCUT2D eigenvalue weighted by atomic mass is 28.4. The highest BCUT2D eigenvalue weighted by Gasteiger charge is 2.38. The molecule has 0 saturated carbocycles. The number of nitriles is 1. The Bertz CT molecular complexity index is 255. The molecule has 0 N–H and O–H groups in total. The van der Waals surface area contributed by atoms with Crippen molar-refractivity contribution in [2.24, 2.45) is 0 Å². The third-order valence-corrected chi connectivity index (χ3v) is 7.87. The minimum Gasteiger partial charge on any atom is -0.414 e. The van der Waals surface area contributed by atoms with Gasteiger partial charge in [-0.25, -0.2) is 4.39 Å². The summed E-state index contributed by atoms with van der Waals surface area (Å²) in [5.41, 5.74) is 0. The molecule has 4 heteroatoms. The number of halogens is 1. The van der Waals surface area contributed by atoms with Crippen molar-refractivity contribution in [2.45, 2.75) is 70.9 Å². The Hall–Kier alpha value is -0.403. The van der Waals surface area contributed by atoms with Crippen molar-refractivity contribution < 1.29 is 8.82 Å². The molecule has 2 nitrogen and oxygen atoms in total. The monoisotopic (exact) mass is 245 g/mol. The molecule has 0 amide bonds. The van der Waals surface area contributed by atoms with Crippen molar-refractivity contribution in [2.75, 3.05) is 0 Å². The van der Waals surface area contributed by atoms with Gasteiger partial charge in [-0.05, 0) is 37.9 Å². The number of hydrogen-bond acceptors (Lipinski definition) is 2. The number of hydrogen-bond donors (Lipinski definition) is 0. The lowest BCUT2D eigenvalue weighted by molar-refractivity contribution is 0.177. The van der Waals surface area contributed by atoms with E-state index in [1.165, 1.54) is 0 Å². The summed E-state index contributed by atoms with van der Waals surface area (Å²) < 4.78 is 18.8. The molecule has 2 atom stereocenters. The summed E-state index contributed by atoms with van der Waals surface area (Å²) in [5.74, 6) is 0. The Morgan fingerprint density at radius 3 is 2.19 bits per heavy atom. The van der Waals surface area contributed by atoms with Crippen molar-refractivity contribution in [3.8, 4) is 6.07 Å². The minimum absolute atomic E-state index is 0.0347. The van der Waals surface area contributed by atoms with Crippen LogP contribution in [0.3, 0.4) is 0 Å². The molecular weight excluding hydrogens is 221 g/mol. The second kappa shape index (κ2) is 5.79. The van der Waals surface area contributed by atoms with Gasteiger partial charge >= 0.3 is 0 Å². The highest BCUT2D eigenvalue weighted by Crippen LogP contribution is 2.37. The predicted molar refractivity (Wildman–Crippen MR) is 67.5 cm³/mol. The second-order valence-corrected chi connectivity index (χ2v) is 10.6. The van der Waals surface area contributed by atoms with Crippen LogP contribution in [0.5, 0.6) is 0 Å². The maximum absolute atomic E-state index is 12.8. The van der Waals surface area contributed by atoms with Crippen LogP contribution in [0.15, 0.2) is 0 Å². The average Bonchev–Trinajstić information content (AvgIpc) is 2.11. The van der Waals surface area contributed by atoms with E-state index in [1.807, 2.05) is 6.92 Å². The fourth-order valence-corrected chi connectivity index (χ4v) is 2.66. The summed E-state index contributed by atoms with van der Waals surface area (Å²) in [4.78, 5) is 0. The molecule has 0 fully saturated rings. The van der Waals surface area contributed by atoms with Gasteiger partial charge < -0.3 is 4.43 Å². The molecule has 0 unspecified atom stereocenters. The van der Waals surface area contributed by atoms with Gasteiger partial charge in [-0.2, -0.15) is 5.26 Å². The molecule has 0 radical (unpaired) electrons. The topological polar surface area (TPSA) is 33.0 Å². The van der Waals surface area contributed by atoms with Gasteiger partial charge in [-0.1, -0.05) is 20.8 Å². The first-order valence-corrected chi connectivity index (χ1v) is 8.72. The zero-order valence-electron chi connectivity index (χ0n) is 11.3. The van der Waals surface area contributed by atoms with Crippen LogP contribution in [0.25, 0.3) is 0 Å². The molecule has 0 aromatic carbocycles. The fraction of sp³-hybridized carbons (Fsp3) is 0.917. The first-order valence-electron chi connectivity index (χ1n) is 5.81. The zero-order chi connectivity index (χ0) is 13.0. The van der Waals surface area contributed by atoms with Crippen molar-refractivity contribution >= 4 is 8.32 Å². The van der Waals surface area contributed by atoms with E-state index in [-0.39, 0.29) is 17.6 Å². The smallest absolute Gasteiger partial charge is 0.192 e. The number of nitrogens with zero attached hydrogens (tertiary/aromatic N) is 1. The lowest BCUT2D eigenvalue weighted by atomic mass is 10.2. The molecule has 0 aromatic rings. The maximum Gasteiger partial charge on any atom is 0.192 e. The van der Waals surface area contributed by atoms with E-state index in [0.717, 1.165) is 0 Å². The Morgan fingerprint density at radius 1 is 1.31 bits per heavy atom. The molecular formula is C12H24FNOSi. The van der Waals surface area contributed by atoms with Crippen LogP contribution in [0.4, 0.5) is 4.39 Å². The molecule has 0 rings (SSSR count). The van der Waals surface area contributed by atoms with Crippen LogP contribution >= 0.6 is 0 Å². The third-order valence-electron chi connectivity index (χ3n) is 3.27. The lowest BCUT2D eigenvalue weighted by Crippen LogP contribution is -2.43. The normalized spacial score (nSPS) is 16.6. The molecule has 0 aliphatic rings. The molecule has 0 aromatic heterocycles. The van der Waals surface area contributed by atoms with Gasteiger partial charge in [0, 0.05) is 6.10 Å². The van der Waals surface area contributed by atoms with E-state index in [0.29, 0.717) is 6.42 Å². The fourth-order valence-electron chi connectivity index (χ4n) is 1.18. The van der Waals surface area contributed by atoms with E-state index >= 15 is 0 Å². The lowest BCUT2D eigenvalue weighted by Gasteiger charge is -2.38. The van der Waals surface area contributed by atoms with Crippen molar-refractivity contribution in [3.63, 3.8) is 0 Å². The highest BCUT2D eigenvalue weighted by molar-refractivity contribution is 6.74. The van der Waals surface area contributed by atoms with E-state index in [9.17, 15) is 4.39 Å². The van der Waals surface area contributed by atoms with Gasteiger partial charge in [0.1, 0.15) is 0 Å². The third kappa shape index (κ3) is 5.09. The average molecular weight is 245 g/mol. The van der Waals surface area contributed by atoms with Gasteiger partial charge in [-0.3, -0.25) is 0 Å². The van der Waals surface area contributed by atoms with Crippen LogP contribution in [0.1, 0.15) is 40.5 Å². The van der Waals surface area contributed by atoms with Crippen molar-refractivity contribution in [1.82, 2.24) is 0 Å². The summed E-state index contributed by atoms with van der Waals surface area (Å²) >= 11 is 0. The Labute approximate surface area is 99.9 Å². The Balaban J connectivity index is 4.15. The molecule has 94 valence electrons. The quantitative estimate of drug-likeness (QED) is 0.685. The molecule has 16 heavy (non-hydrogen) atoms. The standard InChI is InChI=1S/C12H24FNOSi/c1-10(7-8-11(13)9-14)15-16(5,6)12(2,3)4/h10-11H,7-8H2,1-6H3/t10-,11+/m0/s1. The van der Waals surface area contributed by atoms with Crippen molar-refractivity contribution in [3.05, 3.63) is 0 Å². The number of alkyl halides is 1. The zero-order valence-corrected chi connectivity index (χ0v) is 12.3. The molecule has 0 heterocycles. The largest absolute Gasteiger partial charge is 0.414 e. The first kappa shape index (κ1) is 15.6. The van der Waals surface area contributed by atoms with Gasteiger partial charge in [-0.15, -0.1) is 0 Å². The van der Waals surface area contributed by atoms with Crippen molar-refractivity contribution in [1.29, 1.82) is 5.26 Å². The Morgan fingerprint density at radius 2 is 1.81 bits per heavy atom. The summed E-state index contributed by atoms with van der Waals surface area (Å²) in [6.45, 7) is 12.9. The van der Waals surface area contributed by atoms with Crippen LogP contribution in [-0.4, -0.2) is 20.6 Å². The van der Waals surface area contributed by atoms with Crippen LogP contribution in [0, 0.1) is 11.3 Å². The van der Waals surface area contributed by atoms with E-state index in [2.05, 4.69) is 33.9 Å². The number of rotatable bonds is 5. The van der Waals surface area contributed by atoms with E-state index in [1.54, 1.807) is 6.07 Å². The summed E-state index contributed by atoms with van der Waals surface area (Å²) in [6.07, 6.45) is -0.439. The SMILES string of the molecule is C[C@@H](CC[C@@H](F)C#N)O[Si](C)(C)C(C)(C)C. The minimum atomic E-state index is -1.76. The van der Waals surface area contributed by atoms with Gasteiger partial charge in [0.25, 0.3) is 0 Å². The van der Waals surface area contributed by atoms with Crippen LogP contribution in [-0.2, 0) is 4.43 Å². The van der Waals surface area contributed by atoms with Gasteiger partial charge in [0.2, 0.25) is 0 Å². The molecule has 0 saturated heterocycles. The first-order chi connectivity index (χ1) is 7.10. The molecule has 0 aliphatic heterocycles. The van der Waals surface area contributed by atoms with Gasteiger partial charge in [0.05, 0.1) is 6.07 Å². The van der Waals surface area contributed by atoms with Gasteiger partial charge in [0.15, 0.2) is 14.5 Å². The van der Waals surface area contributed by atoms with E-state index in [4.69, 9.17) is 9.69 Å². The summed E-state index contributed by atoms with van der Waals surface area (Å²) in [7, 11) is -1.76. The second-order valence-electron chi connectivity index (χ2n) is 5.86.